The van der Waals surface area contributed by atoms with Gasteiger partial charge in [-0.3, -0.25) is 4.79 Å². The summed E-state index contributed by atoms with van der Waals surface area (Å²) in [6.45, 7) is 4.48. The monoisotopic (exact) mass is 237 g/mol. The fourth-order valence-electron chi connectivity index (χ4n) is 1.37. The van der Waals surface area contributed by atoms with Crippen LogP contribution in [0.1, 0.15) is 19.4 Å². The Hall–Kier alpha value is -1.28. The maximum absolute atomic E-state index is 11.6. The second kappa shape index (κ2) is 6.33. The lowest BCUT2D eigenvalue weighted by Crippen LogP contribution is -2.26. The van der Waals surface area contributed by atoms with Crippen LogP contribution in [0.5, 0.6) is 0 Å². The fourth-order valence-corrected chi connectivity index (χ4v) is 1.53. The minimum absolute atomic E-state index is 0.0105. The Kier molecular flexibility index (Phi) is 5.06. The van der Waals surface area contributed by atoms with Gasteiger partial charge in [0.25, 0.3) is 0 Å². The fraction of sp³-hybridized carbons (Fsp3) is 0.308. The second-order valence-electron chi connectivity index (χ2n) is 3.85. The lowest BCUT2D eigenvalue weighted by atomic mass is 10.2. The predicted octanol–water partition coefficient (Wildman–Crippen LogP) is 3.18. The first kappa shape index (κ1) is 12.8. The van der Waals surface area contributed by atoms with Crippen LogP contribution in [0.4, 0.5) is 0 Å². The Balaban J connectivity index is 2.79. The van der Waals surface area contributed by atoms with Crippen molar-refractivity contribution in [2.24, 2.45) is 0 Å². The number of hydrogen-bond acceptors (Lipinski definition) is 1. The van der Waals surface area contributed by atoms with E-state index in [1.165, 1.54) is 0 Å². The van der Waals surface area contributed by atoms with Gasteiger partial charge in [0.2, 0.25) is 5.91 Å². The summed E-state index contributed by atoms with van der Waals surface area (Å²) in [5.74, 6) is -0.0666. The van der Waals surface area contributed by atoms with E-state index in [-0.39, 0.29) is 11.8 Å². The number of hydrogen-bond donors (Lipinski definition) is 0. The lowest BCUT2D eigenvalue weighted by molar-refractivity contribution is -0.126. The quantitative estimate of drug-likeness (QED) is 0.737. The van der Waals surface area contributed by atoms with Crippen molar-refractivity contribution < 1.29 is 4.79 Å². The van der Waals surface area contributed by atoms with Crippen molar-refractivity contribution in [3.63, 3.8) is 0 Å². The zero-order valence-electron chi connectivity index (χ0n) is 9.61. The molecule has 0 radical (unpaired) electrons. The molecule has 0 saturated carbocycles. The smallest absolute Gasteiger partial charge is 0.241 e. The number of carbonyl (C=O) groups is 1. The van der Waals surface area contributed by atoms with E-state index in [1.807, 2.05) is 50.4 Å². The first-order valence-corrected chi connectivity index (χ1v) is 5.71. The molecule has 0 aliphatic rings. The minimum atomic E-state index is -0.0771. The van der Waals surface area contributed by atoms with Crippen LogP contribution in [0.3, 0.4) is 0 Å². The van der Waals surface area contributed by atoms with Crippen molar-refractivity contribution in [2.45, 2.75) is 20.4 Å². The highest BCUT2D eigenvalue weighted by atomic mass is 35.5. The van der Waals surface area contributed by atoms with Crippen molar-refractivity contribution in [3.05, 3.63) is 47.7 Å². The molecular weight excluding hydrogens is 222 g/mol. The molecule has 0 N–H and O–H groups in total. The van der Waals surface area contributed by atoms with E-state index < -0.39 is 0 Å². The molecule has 2 nitrogen and oxygen atoms in total. The second-order valence-corrected chi connectivity index (χ2v) is 4.11. The standard InChI is InChI=1S/C13H16ClNO/c1-11(2)9-15(13(16)8-14)10-12-6-4-3-5-7-12/h3-7,9H,8,10H2,1-2H3. The predicted molar refractivity (Wildman–Crippen MR) is 67.1 cm³/mol. The number of halogens is 1. The molecule has 0 atom stereocenters. The van der Waals surface area contributed by atoms with E-state index in [9.17, 15) is 4.79 Å². The molecule has 0 unspecified atom stereocenters. The third kappa shape index (κ3) is 4.07. The Bertz CT molecular complexity index is 369. The van der Waals surface area contributed by atoms with Gasteiger partial charge in [-0.2, -0.15) is 0 Å². The first-order valence-electron chi connectivity index (χ1n) is 5.18. The van der Waals surface area contributed by atoms with Gasteiger partial charge < -0.3 is 4.90 Å². The highest BCUT2D eigenvalue weighted by Gasteiger charge is 2.09. The zero-order chi connectivity index (χ0) is 12.0. The highest BCUT2D eigenvalue weighted by Crippen LogP contribution is 2.07. The number of amides is 1. The molecule has 1 aromatic rings. The normalized spacial score (nSPS) is 9.69. The number of benzene rings is 1. The summed E-state index contributed by atoms with van der Waals surface area (Å²) in [5, 5.41) is 0. The summed E-state index contributed by atoms with van der Waals surface area (Å²) < 4.78 is 0. The van der Waals surface area contributed by atoms with Gasteiger partial charge in [-0.25, -0.2) is 0 Å². The maximum atomic E-state index is 11.6. The van der Waals surface area contributed by atoms with Crippen LogP contribution >= 0.6 is 11.6 Å². The average molecular weight is 238 g/mol. The third-order valence-corrected chi connectivity index (χ3v) is 2.27. The molecule has 1 aromatic carbocycles. The molecule has 0 spiro atoms. The molecule has 16 heavy (non-hydrogen) atoms. The molecule has 0 aromatic heterocycles. The van der Waals surface area contributed by atoms with E-state index in [1.54, 1.807) is 4.90 Å². The number of allylic oxidation sites excluding steroid dienone is 1. The first-order chi connectivity index (χ1) is 7.63. The van der Waals surface area contributed by atoms with Crippen LogP contribution in [-0.2, 0) is 11.3 Å². The van der Waals surface area contributed by atoms with Crippen LogP contribution in [0.2, 0.25) is 0 Å². The van der Waals surface area contributed by atoms with Gasteiger partial charge in [-0.15, -0.1) is 11.6 Å². The van der Waals surface area contributed by atoms with Crippen LogP contribution in [0.15, 0.2) is 42.1 Å². The van der Waals surface area contributed by atoms with Crippen molar-refractivity contribution in [1.82, 2.24) is 4.90 Å². The Labute approximate surface area is 102 Å². The molecule has 0 saturated heterocycles. The van der Waals surface area contributed by atoms with Gasteiger partial charge in [0.05, 0.1) is 6.54 Å². The third-order valence-electron chi connectivity index (χ3n) is 2.04. The lowest BCUT2D eigenvalue weighted by Gasteiger charge is -2.18. The summed E-state index contributed by atoms with van der Waals surface area (Å²) in [6, 6.07) is 9.86. The molecule has 0 aliphatic heterocycles. The van der Waals surface area contributed by atoms with Gasteiger partial charge >= 0.3 is 0 Å². The molecule has 3 heteroatoms. The van der Waals surface area contributed by atoms with Gasteiger partial charge in [-0.05, 0) is 19.4 Å². The van der Waals surface area contributed by atoms with E-state index in [2.05, 4.69) is 0 Å². The average Bonchev–Trinajstić information content (AvgIpc) is 2.28. The Morgan fingerprint density at radius 2 is 1.94 bits per heavy atom. The van der Waals surface area contributed by atoms with Crippen molar-refractivity contribution >= 4 is 17.5 Å². The van der Waals surface area contributed by atoms with E-state index in [0.29, 0.717) is 6.54 Å². The SMILES string of the molecule is CC(C)=CN(Cc1ccccc1)C(=O)CCl. The molecule has 1 amide bonds. The van der Waals surface area contributed by atoms with Crippen LogP contribution in [0, 0.1) is 0 Å². The molecule has 1 rings (SSSR count). The molecule has 0 bridgehead atoms. The largest absolute Gasteiger partial charge is 0.314 e. The Morgan fingerprint density at radius 3 is 2.44 bits per heavy atom. The van der Waals surface area contributed by atoms with Crippen molar-refractivity contribution in [1.29, 1.82) is 0 Å². The molecule has 86 valence electrons. The summed E-state index contributed by atoms with van der Waals surface area (Å²) >= 11 is 5.58. The van der Waals surface area contributed by atoms with Crippen LogP contribution in [-0.4, -0.2) is 16.7 Å². The molecule has 0 fully saturated rings. The maximum Gasteiger partial charge on any atom is 0.241 e. The van der Waals surface area contributed by atoms with Crippen LogP contribution in [0.25, 0.3) is 0 Å². The molecular formula is C13H16ClNO. The molecule has 0 aliphatic carbocycles. The van der Waals surface area contributed by atoms with E-state index in [0.717, 1.165) is 11.1 Å². The molecule has 0 heterocycles. The van der Waals surface area contributed by atoms with Crippen LogP contribution < -0.4 is 0 Å². The summed E-state index contributed by atoms with van der Waals surface area (Å²) in [7, 11) is 0. The van der Waals surface area contributed by atoms with E-state index >= 15 is 0 Å². The topological polar surface area (TPSA) is 20.3 Å². The number of rotatable bonds is 4. The van der Waals surface area contributed by atoms with Gasteiger partial charge in [0.15, 0.2) is 0 Å². The van der Waals surface area contributed by atoms with Gasteiger partial charge in [-0.1, -0.05) is 35.9 Å². The van der Waals surface area contributed by atoms with Crippen molar-refractivity contribution in [2.75, 3.05) is 5.88 Å². The number of nitrogens with zero attached hydrogens (tertiary/aromatic N) is 1. The summed E-state index contributed by atoms with van der Waals surface area (Å²) in [4.78, 5) is 13.3. The Morgan fingerprint density at radius 1 is 1.31 bits per heavy atom. The van der Waals surface area contributed by atoms with E-state index in [4.69, 9.17) is 11.6 Å². The summed E-state index contributed by atoms with van der Waals surface area (Å²) in [5.41, 5.74) is 2.17. The summed E-state index contributed by atoms with van der Waals surface area (Å²) in [6.07, 6.45) is 1.83. The van der Waals surface area contributed by atoms with Gasteiger partial charge in [0, 0.05) is 6.20 Å². The zero-order valence-corrected chi connectivity index (χ0v) is 10.4. The number of carbonyl (C=O) groups excluding carboxylic acids is 1. The minimum Gasteiger partial charge on any atom is -0.314 e. The number of alkyl halides is 1. The van der Waals surface area contributed by atoms with Crippen molar-refractivity contribution in [3.8, 4) is 0 Å². The van der Waals surface area contributed by atoms with Gasteiger partial charge in [0.1, 0.15) is 5.88 Å². The highest BCUT2D eigenvalue weighted by molar-refractivity contribution is 6.27.